The Bertz CT molecular complexity index is 1250. The van der Waals surface area contributed by atoms with Gasteiger partial charge in [0.25, 0.3) is 5.56 Å². The largest absolute Gasteiger partial charge is 0.348 e. The number of nitrogens with one attached hydrogen (secondary N) is 1. The smallest absolute Gasteiger partial charge is 0.341 e. The third-order valence-electron chi connectivity index (χ3n) is 6.09. The van der Waals surface area contributed by atoms with Crippen molar-refractivity contribution in [2.45, 2.75) is 39.7 Å². The van der Waals surface area contributed by atoms with Crippen molar-refractivity contribution in [1.29, 1.82) is 0 Å². The minimum Gasteiger partial charge on any atom is -0.341 e. The Morgan fingerprint density at radius 1 is 1.19 bits per heavy atom. The summed E-state index contributed by atoms with van der Waals surface area (Å²) in [5, 5.41) is 6.50. The molecule has 0 bridgehead atoms. The number of aromatic nitrogens is 5. The molecule has 1 aliphatic rings. The van der Waals surface area contributed by atoms with Gasteiger partial charge in [0.1, 0.15) is 18.2 Å². The average Bonchev–Trinajstić information content (AvgIpc) is 3.14. The third kappa shape index (κ3) is 4.25. The molecule has 0 saturated carbocycles. The zero-order valence-corrected chi connectivity index (χ0v) is 18.0. The lowest BCUT2D eigenvalue weighted by Gasteiger charge is -2.32. The molecule has 1 amide bonds. The summed E-state index contributed by atoms with van der Waals surface area (Å²) in [5.41, 5.74) is 0.683. The Balaban J connectivity index is 1.40. The van der Waals surface area contributed by atoms with Crippen LogP contribution in [-0.4, -0.2) is 48.2 Å². The lowest BCUT2D eigenvalue weighted by Crippen LogP contribution is -2.42. The summed E-state index contributed by atoms with van der Waals surface area (Å²) in [6.45, 7) is 4.52. The van der Waals surface area contributed by atoms with E-state index in [-0.39, 0.29) is 29.6 Å². The first kappa shape index (κ1) is 21.7. The molecule has 9 nitrogen and oxygen atoms in total. The molecule has 0 atom stereocenters. The van der Waals surface area contributed by atoms with E-state index in [2.05, 4.69) is 15.2 Å². The standard InChI is InChI=1S/C22H25FN6O3/c1-14-15(2)24-13-28(21(14)31)12-20(30)27-9-7-16(8-10-27)11-19-25-26-22(32)29(19)18-6-4-3-5-17(18)23/h3-6,13,16H,7-12H2,1-2H3,(H,26,32). The molecule has 4 rings (SSSR count). The monoisotopic (exact) mass is 440 g/mol. The molecule has 0 radical (unpaired) electrons. The molecule has 0 spiro atoms. The highest BCUT2D eigenvalue weighted by molar-refractivity contribution is 5.76. The summed E-state index contributed by atoms with van der Waals surface area (Å²) in [6.07, 6.45) is 3.36. The van der Waals surface area contributed by atoms with Crippen molar-refractivity contribution >= 4 is 5.91 Å². The quantitative estimate of drug-likeness (QED) is 0.645. The Morgan fingerprint density at radius 3 is 2.62 bits per heavy atom. The number of aromatic amines is 1. The van der Waals surface area contributed by atoms with Gasteiger partial charge in [-0.15, -0.1) is 0 Å². The second kappa shape index (κ2) is 8.89. The van der Waals surface area contributed by atoms with E-state index in [1.165, 1.54) is 21.5 Å². The fraction of sp³-hybridized carbons (Fsp3) is 0.409. The van der Waals surface area contributed by atoms with Crippen LogP contribution in [0.4, 0.5) is 4.39 Å². The van der Waals surface area contributed by atoms with Crippen LogP contribution in [0.1, 0.15) is 29.9 Å². The highest BCUT2D eigenvalue weighted by atomic mass is 19.1. The number of piperidine rings is 1. The number of amides is 1. The van der Waals surface area contributed by atoms with E-state index in [9.17, 15) is 18.8 Å². The van der Waals surface area contributed by atoms with Crippen molar-refractivity contribution in [1.82, 2.24) is 29.2 Å². The number of hydrogen-bond donors (Lipinski definition) is 1. The van der Waals surface area contributed by atoms with E-state index in [0.717, 1.165) is 12.8 Å². The molecule has 1 aromatic carbocycles. The third-order valence-corrected chi connectivity index (χ3v) is 6.09. The maximum absolute atomic E-state index is 14.2. The van der Waals surface area contributed by atoms with Gasteiger partial charge in [-0.1, -0.05) is 12.1 Å². The molecule has 10 heteroatoms. The molecule has 0 aliphatic carbocycles. The van der Waals surface area contributed by atoms with E-state index in [0.29, 0.717) is 36.6 Å². The highest BCUT2D eigenvalue weighted by Gasteiger charge is 2.25. The van der Waals surface area contributed by atoms with E-state index >= 15 is 0 Å². The number of para-hydroxylation sites is 1. The van der Waals surface area contributed by atoms with Crippen molar-refractivity contribution in [2.75, 3.05) is 13.1 Å². The molecule has 2 aromatic heterocycles. The molecular formula is C22H25FN6O3. The van der Waals surface area contributed by atoms with Crippen LogP contribution >= 0.6 is 0 Å². The maximum Gasteiger partial charge on any atom is 0.348 e. The minimum absolute atomic E-state index is 0.0379. The number of aryl methyl sites for hydroxylation is 1. The molecule has 32 heavy (non-hydrogen) atoms. The highest BCUT2D eigenvalue weighted by Crippen LogP contribution is 2.22. The summed E-state index contributed by atoms with van der Waals surface area (Å²) in [5.74, 6) is 0.0517. The molecule has 3 aromatic rings. The zero-order chi connectivity index (χ0) is 22.8. The van der Waals surface area contributed by atoms with E-state index in [4.69, 9.17) is 0 Å². The summed E-state index contributed by atoms with van der Waals surface area (Å²) in [7, 11) is 0. The predicted molar refractivity (Wildman–Crippen MR) is 115 cm³/mol. The van der Waals surface area contributed by atoms with Gasteiger partial charge in [0, 0.05) is 30.8 Å². The number of nitrogens with zero attached hydrogens (tertiary/aromatic N) is 5. The SMILES string of the molecule is Cc1ncn(CC(=O)N2CCC(Cc3n[nH]c(=O)n3-c3ccccc3F)CC2)c(=O)c1C. The van der Waals surface area contributed by atoms with Gasteiger partial charge in [-0.2, -0.15) is 5.10 Å². The first-order valence-electron chi connectivity index (χ1n) is 10.6. The number of H-pyrrole nitrogens is 1. The number of halogens is 1. The van der Waals surface area contributed by atoms with Crippen molar-refractivity contribution in [3.63, 3.8) is 0 Å². The first-order chi connectivity index (χ1) is 15.3. The van der Waals surface area contributed by atoms with Crippen molar-refractivity contribution in [3.05, 3.63) is 74.3 Å². The van der Waals surface area contributed by atoms with Gasteiger partial charge >= 0.3 is 5.69 Å². The van der Waals surface area contributed by atoms with Gasteiger partial charge in [-0.05, 0) is 44.7 Å². The van der Waals surface area contributed by atoms with Gasteiger partial charge in [0.2, 0.25) is 5.91 Å². The van der Waals surface area contributed by atoms with Crippen LogP contribution in [0.3, 0.4) is 0 Å². The Morgan fingerprint density at radius 2 is 1.91 bits per heavy atom. The molecular weight excluding hydrogens is 415 g/mol. The van der Waals surface area contributed by atoms with E-state index < -0.39 is 11.5 Å². The van der Waals surface area contributed by atoms with E-state index in [1.807, 2.05) is 0 Å². The Hall–Kier alpha value is -3.56. The topological polar surface area (TPSA) is 106 Å². The van der Waals surface area contributed by atoms with Crippen LogP contribution < -0.4 is 11.2 Å². The van der Waals surface area contributed by atoms with Gasteiger partial charge in [-0.3, -0.25) is 14.2 Å². The normalized spacial score (nSPS) is 14.7. The van der Waals surface area contributed by atoms with Crippen LogP contribution in [0, 0.1) is 25.6 Å². The number of rotatable bonds is 5. The van der Waals surface area contributed by atoms with E-state index in [1.54, 1.807) is 36.9 Å². The van der Waals surface area contributed by atoms with Gasteiger partial charge in [0.15, 0.2) is 0 Å². The molecule has 1 aliphatic heterocycles. The number of benzene rings is 1. The van der Waals surface area contributed by atoms with Crippen LogP contribution in [0.2, 0.25) is 0 Å². The average molecular weight is 440 g/mol. The summed E-state index contributed by atoms with van der Waals surface area (Å²) < 4.78 is 16.8. The summed E-state index contributed by atoms with van der Waals surface area (Å²) in [4.78, 5) is 43.1. The number of likely N-dealkylation sites (tertiary alicyclic amines) is 1. The van der Waals surface area contributed by atoms with Crippen molar-refractivity contribution < 1.29 is 9.18 Å². The van der Waals surface area contributed by atoms with Crippen LogP contribution in [-0.2, 0) is 17.8 Å². The Kier molecular flexibility index (Phi) is 6.02. The van der Waals surface area contributed by atoms with Gasteiger partial charge < -0.3 is 4.90 Å². The van der Waals surface area contributed by atoms with Crippen molar-refractivity contribution in [2.24, 2.45) is 5.92 Å². The second-order valence-electron chi connectivity index (χ2n) is 8.15. The molecule has 0 unspecified atom stereocenters. The molecule has 1 fully saturated rings. The number of hydrogen-bond acceptors (Lipinski definition) is 5. The number of carbonyl (C=O) groups is 1. The van der Waals surface area contributed by atoms with Crippen LogP contribution in [0.5, 0.6) is 0 Å². The maximum atomic E-state index is 14.2. The summed E-state index contributed by atoms with van der Waals surface area (Å²) in [6, 6.07) is 6.08. The zero-order valence-electron chi connectivity index (χ0n) is 18.0. The first-order valence-corrected chi connectivity index (χ1v) is 10.6. The number of carbonyl (C=O) groups excluding carboxylic acids is 1. The molecule has 1 N–H and O–H groups in total. The fourth-order valence-corrected chi connectivity index (χ4v) is 4.03. The van der Waals surface area contributed by atoms with Crippen LogP contribution in [0.25, 0.3) is 5.69 Å². The molecule has 168 valence electrons. The Labute approximate surface area is 183 Å². The molecule has 1 saturated heterocycles. The van der Waals surface area contributed by atoms with Crippen LogP contribution in [0.15, 0.2) is 40.2 Å². The van der Waals surface area contributed by atoms with Gasteiger partial charge in [0.05, 0.1) is 12.0 Å². The van der Waals surface area contributed by atoms with Crippen molar-refractivity contribution in [3.8, 4) is 5.69 Å². The predicted octanol–water partition coefficient (Wildman–Crippen LogP) is 1.35. The van der Waals surface area contributed by atoms with Gasteiger partial charge in [-0.25, -0.2) is 23.8 Å². The second-order valence-corrected chi connectivity index (χ2v) is 8.15. The fourth-order valence-electron chi connectivity index (χ4n) is 4.03. The lowest BCUT2D eigenvalue weighted by molar-refractivity contribution is -0.133. The summed E-state index contributed by atoms with van der Waals surface area (Å²) >= 11 is 0. The minimum atomic E-state index is -0.492. The lowest BCUT2D eigenvalue weighted by atomic mass is 9.93. The molecule has 3 heterocycles.